The Hall–Kier alpha value is -1.05. The van der Waals surface area contributed by atoms with Gasteiger partial charge in [-0.05, 0) is 12.5 Å². The van der Waals surface area contributed by atoms with Crippen molar-refractivity contribution in [2.24, 2.45) is 0 Å². The molecule has 0 radical (unpaired) electrons. The summed E-state index contributed by atoms with van der Waals surface area (Å²) in [6.45, 7) is 0.625. The smallest absolute Gasteiger partial charge is 0.151 e. The summed E-state index contributed by atoms with van der Waals surface area (Å²) in [5, 5.41) is 4.24. The highest BCUT2D eigenvalue weighted by atomic mass is 32.2. The van der Waals surface area contributed by atoms with E-state index in [2.05, 4.69) is 15.3 Å². The van der Waals surface area contributed by atoms with Crippen LogP contribution in [0.5, 0.6) is 0 Å². The molecule has 0 spiro atoms. The summed E-state index contributed by atoms with van der Waals surface area (Å²) in [6, 6.07) is 2.01. The lowest BCUT2D eigenvalue weighted by atomic mass is 10.3. The minimum atomic E-state index is -2.81. The van der Waals surface area contributed by atoms with E-state index in [1.807, 2.05) is 6.07 Å². The number of aromatic nitrogens is 2. The van der Waals surface area contributed by atoms with Crippen molar-refractivity contribution in [1.82, 2.24) is 15.3 Å². The van der Waals surface area contributed by atoms with E-state index in [0.717, 1.165) is 15.2 Å². The predicted molar refractivity (Wildman–Crippen MR) is 71.3 cm³/mol. The van der Waals surface area contributed by atoms with Gasteiger partial charge in [-0.2, -0.15) is 0 Å². The fraction of sp³-hybridized carbons (Fsp3) is 0.455. The van der Waals surface area contributed by atoms with Crippen LogP contribution in [-0.4, -0.2) is 35.9 Å². The van der Waals surface area contributed by atoms with Crippen molar-refractivity contribution < 1.29 is 8.42 Å². The molecule has 1 atom stereocenters. The Kier molecular flexibility index (Phi) is 3.04. The van der Waals surface area contributed by atoms with Gasteiger partial charge in [-0.15, -0.1) is 11.3 Å². The van der Waals surface area contributed by atoms with E-state index in [9.17, 15) is 8.42 Å². The van der Waals surface area contributed by atoms with E-state index < -0.39 is 9.84 Å². The number of hydrogen-bond donors (Lipinski definition) is 1. The molecule has 3 heterocycles. The maximum Gasteiger partial charge on any atom is 0.151 e. The minimum absolute atomic E-state index is 0.0696. The Balaban J connectivity index is 1.67. The van der Waals surface area contributed by atoms with Gasteiger partial charge in [0.25, 0.3) is 0 Å². The summed E-state index contributed by atoms with van der Waals surface area (Å²) in [5.74, 6) is 0.549. The lowest BCUT2D eigenvalue weighted by Crippen LogP contribution is -2.29. The average Bonchev–Trinajstić information content (AvgIpc) is 2.89. The molecule has 96 valence electrons. The average molecular weight is 283 g/mol. The topological polar surface area (TPSA) is 72.0 Å². The lowest BCUT2D eigenvalue weighted by molar-refractivity contribution is 0.553. The quantitative estimate of drug-likeness (QED) is 0.908. The van der Waals surface area contributed by atoms with Crippen molar-refractivity contribution in [2.45, 2.75) is 19.0 Å². The number of fused-ring (bicyclic) bond motifs is 1. The van der Waals surface area contributed by atoms with Crippen LogP contribution in [0.2, 0.25) is 0 Å². The number of rotatable bonds is 3. The third kappa shape index (κ3) is 2.52. The Labute approximate surface area is 109 Å². The van der Waals surface area contributed by atoms with Crippen LogP contribution < -0.4 is 5.32 Å². The van der Waals surface area contributed by atoms with Gasteiger partial charge in [-0.3, -0.25) is 4.98 Å². The maximum absolute atomic E-state index is 11.3. The van der Waals surface area contributed by atoms with Crippen LogP contribution in [0.4, 0.5) is 0 Å². The Morgan fingerprint density at radius 2 is 2.39 bits per heavy atom. The van der Waals surface area contributed by atoms with Crippen molar-refractivity contribution in [3.63, 3.8) is 0 Å². The van der Waals surface area contributed by atoms with Gasteiger partial charge in [0.15, 0.2) is 9.84 Å². The van der Waals surface area contributed by atoms with Gasteiger partial charge in [0.05, 0.1) is 27.9 Å². The van der Waals surface area contributed by atoms with Crippen LogP contribution in [0.15, 0.2) is 18.5 Å². The molecule has 3 rings (SSSR count). The standard InChI is InChI=1S/C11H13N3O2S2/c15-18(16)4-2-8(7-18)13-6-11-14-9-5-12-3-1-10(9)17-11/h1,3,5,8,13H,2,4,6-7H2. The minimum Gasteiger partial charge on any atom is -0.307 e. The molecule has 5 nitrogen and oxygen atoms in total. The third-order valence-electron chi connectivity index (χ3n) is 3.01. The molecule has 0 aromatic carbocycles. The zero-order valence-electron chi connectivity index (χ0n) is 9.67. The maximum atomic E-state index is 11.3. The Morgan fingerprint density at radius 3 is 3.11 bits per heavy atom. The van der Waals surface area contributed by atoms with E-state index in [-0.39, 0.29) is 11.8 Å². The molecular formula is C11H13N3O2S2. The fourth-order valence-electron chi connectivity index (χ4n) is 2.09. The molecule has 0 aliphatic carbocycles. The molecule has 1 aliphatic heterocycles. The number of nitrogens with one attached hydrogen (secondary N) is 1. The zero-order valence-corrected chi connectivity index (χ0v) is 11.3. The molecule has 0 saturated carbocycles. The molecule has 0 amide bonds. The summed E-state index contributed by atoms with van der Waals surface area (Å²) < 4.78 is 23.8. The molecule has 1 N–H and O–H groups in total. The van der Waals surface area contributed by atoms with Gasteiger partial charge in [-0.25, -0.2) is 13.4 Å². The number of sulfone groups is 1. The first-order chi connectivity index (χ1) is 8.62. The highest BCUT2D eigenvalue weighted by Gasteiger charge is 2.27. The zero-order chi connectivity index (χ0) is 12.6. The number of thiazole rings is 1. The summed E-state index contributed by atoms with van der Waals surface area (Å²) in [6.07, 6.45) is 4.20. The van der Waals surface area contributed by atoms with Gasteiger partial charge in [0.1, 0.15) is 5.01 Å². The molecule has 1 unspecified atom stereocenters. The van der Waals surface area contributed by atoms with Crippen LogP contribution in [0.1, 0.15) is 11.4 Å². The number of hydrogen-bond acceptors (Lipinski definition) is 6. The SMILES string of the molecule is O=S1(=O)CCC(NCc2nc3cnccc3s2)C1. The van der Waals surface area contributed by atoms with Gasteiger partial charge < -0.3 is 5.32 Å². The molecule has 2 aromatic heterocycles. The molecule has 7 heteroatoms. The van der Waals surface area contributed by atoms with Gasteiger partial charge in [0.2, 0.25) is 0 Å². The Morgan fingerprint density at radius 1 is 1.50 bits per heavy atom. The molecular weight excluding hydrogens is 270 g/mol. The molecule has 18 heavy (non-hydrogen) atoms. The van der Waals surface area contributed by atoms with E-state index in [1.165, 1.54) is 0 Å². The van der Waals surface area contributed by atoms with Crippen LogP contribution in [0.3, 0.4) is 0 Å². The van der Waals surface area contributed by atoms with Crippen LogP contribution in [0, 0.1) is 0 Å². The lowest BCUT2D eigenvalue weighted by Gasteiger charge is -2.07. The highest BCUT2D eigenvalue weighted by molar-refractivity contribution is 7.91. The second-order valence-corrected chi connectivity index (χ2v) is 7.78. The largest absolute Gasteiger partial charge is 0.307 e. The van der Waals surface area contributed by atoms with Crippen LogP contribution >= 0.6 is 11.3 Å². The number of nitrogens with zero attached hydrogens (tertiary/aromatic N) is 2. The van der Waals surface area contributed by atoms with E-state index in [0.29, 0.717) is 18.7 Å². The first kappa shape index (κ1) is 12.0. The highest BCUT2D eigenvalue weighted by Crippen LogP contribution is 2.21. The van der Waals surface area contributed by atoms with Crippen LogP contribution in [-0.2, 0) is 16.4 Å². The Bertz CT molecular complexity index is 633. The van der Waals surface area contributed by atoms with Crippen molar-refractivity contribution >= 4 is 31.4 Å². The first-order valence-corrected chi connectivity index (χ1v) is 8.39. The van der Waals surface area contributed by atoms with Crippen molar-refractivity contribution in [3.05, 3.63) is 23.5 Å². The number of pyridine rings is 1. The van der Waals surface area contributed by atoms with Gasteiger partial charge in [0, 0.05) is 18.8 Å². The summed E-state index contributed by atoms with van der Waals surface area (Å²) in [4.78, 5) is 8.48. The van der Waals surface area contributed by atoms with Gasteiger partial charge >= 0.3 is 0 Å². The summed E-state index contributed by atoms with van der Waals surface area (Å²) >= 11 is 1.62. The molecule has 0 bridgehead atoms. The molecule has 2 aromatic rings. The van der Waals surface area contributed by atoms with Crippen LogP contribution in [0.25, 0.3) is 10.2 Å². The van der Waals surface area contributed by atoms with Crippen molar-refractivity contribution in [3.8, 4) is 0 Å². The molecule has 1 saturated heterocycles. The van der Waals surface area contributed by atoms with E-state index in [1.54, 1.807) is 23.7 Å². The van der Waals surface area contributed by atoms with Crippen molar-refractivity contribution in [1.29, 1.82) is 0 Å². The molecule has 1 aliphatic rings. The van der Waals surface area contributed by atoms with Crippen molar-refractivity contribution in [2.75, 3.05) is 11.5 Å². The van der Waals surface area contributed by atoms with Gasteiger partial charge in [-0.1, -0.05) is 0 Å². The second kappa shape index (κ2) is 4.56. The first-order valence-electron chi connectivity index (χ1n) is 5.76. The summed E-state index contributed by atoms with van der Waals surface area (Å²) in [5.41, 5.74) is 0.901. The molecule has 1 fully saturated rings. The van der Waals surface area contributed by atoms with E-state index >= 15 is 0 Å². The normalized spacial score (nSPS) is 22.6. The second-order valence-electron chi connectivity index (χ2n) is 4.43. The van der Waals surface area contributed by atoms with E-state index in [4.69, 9.17) is 0 Å². The fourth-order valence-corrected chi connectivity index (χ4v) is 4.68. The predicted octanol–water partition coefficient (Wildman–Crippen LogP) is 0.968. The monoisotopic (exact) mass is 283 g/mol. The third-order valence-corrected chi connectivity index (χ3v) is 5.81. The summed E-state index contributed by atoms with van der Waals surface area (Å²) in [7, 11) is -2.81.